The molecule has 88 valence electrons. The van der Waals surface area contributed by atoms with Crippen LogP contribution >= 0.6 is 0 Å². The average molecular weight is 219 g/mol. The summed E-state index contributed by atoms with van der Waals surface area (Å²) in [7, 11) is 0. The zero-order chi connectivity index (χ0) is 11.6. The summed E-state index contributed by atoms with van der Waals surface area (Å²) in [6.45, 7) is 4.92. The molecule has 1 aromatic carbocycles. The van der Waals surface area contributed by atoms with Crippen LogP contribution in [0, 0.1) is 0 Å². The van der Waals surface area contributed by atoms with Crippen LogP contribution in [0.2, 0.25) is 0 Å². The lowest BCUT2D eigenvalue weighted by molar-refractivity contribution is 0.0251. The predicted molar refractivity (Wildman–Crippen MR) is 66.6 cm³/mol. The molecule has 0 bridgehead atoms. The second-order valence-electron chi connectivity index (χ2n) is 5.21. The van der Waals surface area contributed by atoms with Crippen molar-refractivity contribution in [2.45, 2.75) is 44.8 Å². The first-order chi connectivity index (χ1) is 7.59. The van der Waals surface area contributed by atoms with Crippen molar-refractivity contribution in [1.82, 2.24) is 5.32 Å². The highest BCUT2D eigenvalue weighted by Crippen LogP contribution is 2.28. The maximum absolute atomic E-state index is 10.5. The zero-order valence-electron chi connectivity index (χ0n) is 10.2. The van der Waals surface area contributed by atoms with Crippen LogP contribution in [-0.4, -0.2) is 23.3 Å². The molecule has 1 unspecified atom stereocenters. The largest absolute Gasteiger partial charge is 0.388 e. The fourth-order valence-electron chi connectivity index (χ4n) is 2.33. The van der Waals surface area contributed by atoms with E-state index in [9.17, 15) is 5.11 Å². The summed E-state index contributed by atoms with van der Waals surface area (Å²) in [5.41, 5.74) is 2.15. The van der Waals surface area contributed by atoms with E-state index in [2.05, 4.69) is 43.4 Å². The maximum atomic E-state index is 10.5. The summed E-state index contributed by atoms with van der Waals surface area (Å²) in [5.74, 6) is 0. The van der Waals surface area contributed by atoms with Crippen molar-refractivity contribution in [2.24, 2.45) is 0 Å². The van der Waals surface area contributed by atoms with E-state index >= 15 is 0 Å². The number of benzene rings is 1. The van der Waals surface area contributed by atoms with Gasteiger partial charge in [-0.05, 0) is 24.0 Å². The molecule has 1 aliphatic carbocycles. The van der Waals surface area contributed by atoms with Gasteiger partial charge < -0.3 is 10.4 Å². The van der Waals surface area contributed by atoms with Gasteiger partial charge in [0.05, 0.1) is 5.60 Å². The van der Waals surface area contributed by atoms with Crippen molar-refractivity contribution in [3.8, 4) is 0 Å². The molecule has 0 saturated carbocycles. The van der Waals surface area contributed by atoms with Crippen molar-refractivity contribution in [2.75, 3.05) is 6.54 Å². The van der Waals surface area contributed by atoms with Crippen molar-refractivity contribution >= 4 is 0 Å². The van der Waals surface area contributed by atoms with Gasteiger partial charge in [0.2, 0.25) is 0 Å². The molecule has 0 aromatic heterocycles. The Bertz CT molecular complexity index is 362. The molecule has 1 aliphatic rings. The van der Waals surface area contributed by atoms with Gasteiger partial charge in [-0.25, -0.2) is 0 Å². The summed E-state index contributed by atoms with van der Waals surface area (Å²) < 4.78 is 0. The predicted octanol–water partition coefficient (Wildman–Crippen LogP) is 1.90. The molecular weight excluding hydrogens is 198 g/mol. The lowest BCUT2D eigenvalue weighted by Crippen LogP contribution is -2.46. The van der Waals surface area contributed by atoms with Crippen LogP contribution in [0.15, 0.2) is 24.3 Å². The summed E-state index contributed by atoms with van der Waals surface area (Å²) in [6.07, 6.45) is 2.64. The van der Waals surface area contributed by atoms with Gasteiger partial charge in [0.15, 0.2) is 0 Å². The second-order valence-corrected chi connectivity index (χ2v) is 5.21. The van der Waals surface area contributed by atoms with E-state index in [0.717, 1.165) is 19.3 Å². The normalized spacial score (nSPS) is 24.5. The van der Waals surface area contributed by atoms with Gasteiger partial charge in [0, 0.05) is 19.0 Å². The minimum Gasteiger partial charge on any atom is -0.388 e. The zero-order valence-corrected chi connectivity index (χ0v) is 10.2. The van der Waals surface area contributed by atoms with Crippen molar-refractivity contribution in [1.29, 1.82) is 0 Å². The fraction of sp³-hybridized carbons (Fsp3) is 0.571. The molecule has 2 N–H and O–H groups in total. The van der Waals surface area contributed by atoms with E-state index in [4.69, 9.17) is 0 Å². The SMILES string of the molecule is CC(C)NCC1(O)CCc2ccccc2C1. The van der Waals surface area contributed by atoms with Crippen molar-refractivity contribution in [3.05, 3.63) is 35.4 Å². The highest BCUT2D eigenvalue weighted by molar-refractivity contribution is 5.31. The van der Waals surface area contributed by atoms with Crippen LogP contribution in [0.1, 0.15) is 31.4 Å². The van der Waals surface area contributed by atoms with Gasteiger partial charge in [0.25, 0.3) is 0 Å². The number of aliphatic hydroxyl groups is 1. The van der Waals surface area contributed by atoms with Crippen molar-refractivity contribution in [3.63, 3.8) is 0 Å². The first-order valence-electron chi connectivity index (χ1n) is 6.12. The first-order valence-corrected chi connectivity index (χ1v) is 6.12. The lowest BCUT2D eigenvalue weighted by Gasteiger charge is -2.34. The van der Waals surface area contributed by atoms with E-state index in [-0.39, 0.29) is 0 Å². The molecule has 2 rings (SSSR count). The minimum absolute atomic E-state index is 0.432. The topological polar surface area (TPSA) is 32.3 Å². The third-order valence-corrected chi connectivity index (χ3v) is 3.34. The Labute approximate surface area is 97.7 Å². The third kappa shape index (κ3) is 2.63. The molecule has 0 fully saturated rings. The van der Waals surface area contributed by atoms with Gasteiger partial charge in [-0.1, -0.05) is 38.1 Å². The van der Waals surface area contributed by atoms with E-state index < -0.39 is 5.60 Å². The van der Waals surface area contributed by atoms with Gasteiger partial charge in [0.1, 0.15) is 0 Å². The number of rotatable bonds is 3. The molecule has 0 radical (unpaired) electrons. The monoisotopic (exact) mass is 219 g/mol. The van der Waals surface area contributed by atoms with Gasteiger partial charge in [-0.15, -0.1) is 0 Å². The highest BCUT2D eigenvalue weighted by Gasteiger charge is 2.31. The Morgan fingerprint density at radius 1 is 1.31 bits per heavy atom. The first kappa shape index (κ1) is 11.6. The Kier molecular flexibility index (Phi) is 3.31. The quantitative estimate of drug-likeness (QED) is 0.814. The molecular formula is C14H21NO. The average Bonchev–Trinajstić information content (AvgIpc) is 2.26. The van der Waals surface area contributed by atoms with Crippen LogP contribution < -0.4 is 5.32 Å². The second kappa shape index (κ2) is 4.56. The third-order valence-electron chi connectivity index (χ3n) is 3.34. The number of hydrogen-bond donors (Lipinski definition) is 2. The number of fused-ring (bicyclic) bond motifs is 1. The van der Waals surface area contributed by atoms with Crippen LogP contribution in [0.25, 0.3) is 0 Å². The standard InChI is InChI=1S/C14H21NO/c1-11(2)15-10-14(16)8-7-12-5-3-4-6-13(12)9-14/h3-6,11,15-16H,7-10H2,1-2H3. The minimum atomic E-state index is -0.557. The van der Waals surface area contributed by atoms with Crippen LogP contribution in [0.3, 0.4) is 0 Å². The van der Waals surface area contributed by atoms with Gasteiger partial charge in [-0.2, -0.15) is 0 Å². The van der Waals surface area contributed by atoms with E-state index in [1.165, 1.54) is 11.1 Å². The molecule has 16 heavy (non-hydrogen) atoms. The summed E-state index contributed by atoms with van der Waals surface area (Å²) in [5, 5.41) is 13.8. The number of hydrogen-bond acceptors (Lipinski definition) is 2. The molecule has 1 atom stereocenters. The molecule has 0 spiro atoms. The lowest BCUT2D eigenvalue weighted by atomic mass is 9.80. The molecule has 1 aromatic rings. The Morgan fingerprint density at radius 2 is 2.00 bits per heavy atom. The highest BCUT2D eigenvalue weighted by atomic mass is 16.3. The summed E-state index contributed by atoms with van der Waals surface area (Å²) >= 11 is 0. The van der Waals surface area contributed by atoms with Crippen LogP contribution in [0.5, 0.6) is 0 Å². The van der Waals surface area contributed by atoms with Gasteiger partial charge in [-0.3, -0.25) is 0 Å². The summed E-state index contributed by atoms with van der Waals surface area (Å²) in [6, 6.07) is 8.87. The Balaban J connectivity index is 2.06. The molecule has 2 nitrogen and oxygen atoms in total. The fourth-order valence-corrected chi connectivity index (χ4v) is 2.33. The van der Waals surface area contributed by atoms with E-state index in [1.807, 2.05) is 0 Å². The van der Waals surface area contributed by atoms with Crippen molar-refractivity contribution < 1.29 is 5.11 Å². The Morgan fingerprint density at radius 3 is 2.69 bits per heavy atom. The molecule has 0 aliphatic heterocycles. The number of nitrogens with one attached hydrogen (secondary N) is 1. The van der Waals surface area contributed by atoms with Gasteiger partial charge >= 0.3 is 0 Å². The summed E-state index contributed by atoms with van der Waals surface area (Å²) in [4.78, 5) is 0. The molecule has 0 saturated heterocycles. The Hall–Kier alpha value is -0.860. The molecule has 2 heteroatoms. The van der Waals surface area contributed by atoms with E-state index in [0.29, 0.717) is 12.6 Å². The number of aryl methyl sites for hydroxylation is 1. The smallest absolute Gasteiger partial charge is 0.0815 e. The maximum Gasteiger partial charge on any atom is 0.0815 e. The van der Waals surface area contributed by atoms with Crippen LogP contribution in [0.4, 0.5) is 0 Å². The van der Waals surface area contributed by atoms with Crippen LogP contribution in [-0.2, 0) is 12.8 Å². The van der Waals surface area contributed by atoms with E-state index in [1.54, 1.807) is 0 Å². The molecule has 0 amide bonds. The molecule has 0 heterocycles.